The van der Waals surface area contributed by atoms with Crippen molar-refractivity contribution in [2.75, 3.05) is 11.9 Å². The first-order valence-electron chi connectivity index (χ1n) is 14.9. The topological polar surface area (TPSA) is 100 Å². The Kier molecular flexibility index (Phi) is 9.14. The number of nitrogens with one attached hydrogen (secondary N) is 2. The summed E-state index contributed by atoms with van der Waals surface area (Å²) in [6.45, 7) is 7.15. The number of amidine groups is 1. The number of nitrogens with zero attached hydrogens (tertiary/aromatic N) is 3. The smallest absolute Gasteiger partial charge is 0.277 e. The van der Waals surface area contributed by atoms with Gasteiger partial charge in [-0.1, -0.05) is 61.4 Å². The second-order valence-electron chi connectivity index (χ2n) is 11.4. The highest BCUT2D eigenvalue weighted by atomic mass is 16.1. The maximum absolute atomic E-state index is 13.9. The lowest BCUT2D eigenvalue weighted by Crippen LogP contribution is -2.44. The molecule has 3 aromatic carbocycles. The molecule has 0 saturated carbocycles. The van der Waals surface area contributed by atoms with Crippen molar-refractivity contribution in [2.45, 2.75) is 77.5 Å². The van der Waals surface area contributed by atoms with Crippen LogP contribution in [0.3, 0.4) is 0 Å². The Hall–Kier alpha value is -3.97. The van der Waals surface area contributed by atoms with E-state index >= 15 is 0 Å². The minimum Gasteiger partial charge on any atom is -0.384 e. The van der Waals surface area contributed by atoms with E-state index in [1.165, 1.54) is 24.8 Å². The van der Waals surface area contributed by atoms with Crippen LogP contribution in [0.1, 0.15) is 63.5 Å². The fourth-order valence-corrected chi connectivity index (χ4v) is 6.05. The summed E-state index contributed by atoms with van der Waals surface area (Å²) >= 11 is 0. The summed E-state index contributed by atoms with van der Waals surface area (Å²) < 4.78 is 1.89. The standard InChI is InChI=1S/C34H42N6O/c1-24-11-9-12-25(2)39(24)19-7-4-8-20-40-31-22-29(37-23-26-13-5-3-6-14-26)17-18-30(31)38-32(34(40)41)27-15-10-16-28(21-27)33(35)36/h3,5-6,10,13-18,21-22,24-25,37H,4,7-9,11-12,19-20,23H2,1-2H3,(H3,35,36)/t24-,25+. The molecule has 1 saturated heterocycles. The molecule has 0 spiro atoms. The molecule has 2 atom stereocenters. The first-order valence-corrected chi connectivity index (χ1v) is 14.9. The van der Waals surface area contributed by atoms with Crippen LogP contribution in [0.4, 0.5) is 5.69 Å². The molecule has 0 unspecified atom stereocenters. The first kappa shape index (κ1) is 28.6. The van der Waals surface area contributed by atoms with Gasteiger partial charge in [-0.25, -0.2) is 4.98 Å². The summed E-state index contributed by atoms with van der Waals surface area (Å²) in [5.41, 5.74) is 11.0. The Morgan fingerprint density at radius 1 is 0.951 bits per heavy atom. The molecule has 4 aromatic rings. The molecule has 0 radical (unpaired) electrons. The number of fused-ring (bicyclic) bond motifs is 1. The maximum Gasteiger partial charge on any atom is 0.277 e. The highest BCUT2D eigenvalue weighted by Crippen LogP contribution is 2.24. The van der Waals surface area contributed by atoms with Crippen LogP contribution in [0.2, 0.25) is 0 Å². The van der Waals surface area contributed by atoms with Gasteiger partial charge in [-0.3, -0.25) is 15.1 Å². The third kappa shape index (κ3) is 6.85. The van der Waals surface area contributed by atoms with E-state index in [-0.39, 0.29) is 11.4 Å². The van der Waals surface area contributed by atoms with Gasteiger partial charge in [0.15, 0.2) is 0 Å². The third-order valence-electron chi connectivity index (χ3n) is 8.41. The molecular formula is C34H42N6O. The van der Waals surface area contributed by atoms with Crippen molar-refractivity contribution in [3.8, 4) is 11.3 Å². The van der Waals surface area contributed by atoms with E-state index in [0.717, 1.165) is 42.5 Å². The number of nitrogen functional groups attached to an aromatic ring is 1. The van der Waals surface area contributed by atoms with Crippen molar-refractivity contribution in [1.29, 1.82) is 5.41 Å². The van der Waals surface area contributed by atoms with Gasteiger partial charge in [0.25, 0.3) is 5.56 Å². The van der Waals surface area contributed by atoms with Crippen molar-refractivity contribution in [3.05, 3.63) is 94.3 Å². The molecule has 5 rings (SSSR count). The van der Waals surface area contributed by atoms with Crippen LogP contribution in [0, 0.1) is 5.41 Å². The molecule has 7 nitrogen and oxygen atoms in total. The summed E-state index contributed by atoms with van der Waals surface area (Å²) in [4.78, 5) is 21.4. The predicted molar refractivity (Wildman–Crippen MR) is 170 cm³/mol. The number of nitrogens with two attached hydrogens (primary N) is 1. The van der Waals surface area contributed by atoms with Crippen LogP contribution in [-0.4, -0.2) is 38.9 Å². The fourth-order valence-electron chi connectivity index (χ4n) is 6.05. The fraction of sp³-hybridized carbons (Fsp3) is 0.382. The summed E-state index contributed by atoms with van der Waals surface area (Å²) in [5.74, 6) is -0.0283. The molecule has 1 aliphatic rings. The van der Waals surface area contributed by atoms with Gasteiger partial charge in [0.2, 0.25) is 0 Å². The number of rotatable bonds is 11. The van der Waals surface area contributed by atoms with Gasteiger partial charge in [-0.05, 0) is 75.9 Å². The van der Waals surface area contributed by atoms with E-state index < -0.39 is 0 Å². The van der Waals surface area contributed by atoms with Gasteiger partial charge in [-0.15, -0.1) is 0 Å². The van der Waals surface area contributed by atoms with Crippen molar-refractivity contribution in [3.63, 3.8) is 0 Å². The lowest BCUT2D eigenvalue weighted by Gasteiger charge is -2.39. The third-order valence-corrected chi connectivity index (χ3v) is 8.41. The van der Waals surface area contributed by atoms with E-state index in [9.17, 15) is 4.79 Å². The Labute approximate surface area is 242 Å². The number of aryl methyl sites for hydroxylation is 1. The van der Waals surface area contributed by atoms with E-state index in [4.69, 9.17) is 16.1 Å². The van der Waals surface area contributed by atoms with Crippen molar-refractivity contribution in [2.24, 2.45) is 5.73 Å². The summed E-state index contributed by atoms with van der Waals surface area (Å²) in [5, 5.41) is 11.3. The second kappa shape index (κ2) is 13.1. The van der Waals surface area contributed by atoms with E-state index in [0.29, 0.717) is 42.0 Å². The van der Waals surface area contributed by atoms with Crippen molar-refractivity contribution in [1.82, 2.24) is 14.5 Å². The largest absolute Gasteiger partial charge is 0.384 e. The Morgan fingerprint density at radius 3 is 2.46 bits per heavy atom. The molecule has 41 heavy (non-hydrogen) atoms. The number of likely N-dealkylation sites (tertiary alicyclic amines) is 1. The first-order chi connectivity index (χ1) is 19.9. The van der Waals surface area contributed by atoms with Crippen LogP contribution in [0.25, 0.3) is 22.3 Å². The number of benzene rings is 3. The molecule has 0 amide bonds. The van der Waals surface area contributed by atoms with Crippen LogP contribution in [-0.2, 0) is 13.1 Å². The number of piperidine rings is 1. The second-order valence-corrected chi connectivity index (χ2v) is 11.4. The van der Waals surface area contributed by atoms with Crippen LogP contribution in [0.15, 0.2) is 77.6 Å². The molecule has 7 heteroatoms. The average molecular weight is 551 g/mol. The summed E-state index contributed by atoms with van der Waals surface area (Å²) in [7, 11) is 0. The monoisotopic (exact) mass is 550 g/mol. The number of hydrogen-bond acceptors (Lipinski definition) is 5. The SMILES string of the molecule is C[C@@H]1CCC[C@H](C)N1CCCCCn1c(=O)c(-c2cccc(C(=N)N)c2)nc2ccc(NCc3ccccc3)cc21. The van der Waals surface area contributed by atoms with Crippen LogP contribution < -0.4 is 16.6 Å². The molecular weight excluding hydrogens is 508 g/mol. The van der Waals surface area contributed by atoms with Gasteiger partial charge in [0.1, 0.15) is 11.5 Å². The van der Waals surface area contributed by atoms with Gasteiger partial charge in [0.05, 0.1) is 11.0 Å². The van der Waals surface area contributed by atoms with E-state index in [2.05, 4.69) is 36.2 Å². The highest BCUT2D eigenvalue weighted by molar-refractivity contribution is 5.96. The number of unbranched alkanes of at least 4 members (excludes halogenated alkanes) is 2. The quantitative estimate of drug-likeness (QED) is 0.114. The number of hydrogen-bond donors (Lipinski definition) is 3. The molecule has 1 aromatic heterocycles. The zero-order valence-corrected chi connectivity index (χ0v) is 24.3. The van der Waals surface area contributed by atoms with Crippen molar-refractivity contribution >= 4 is 22.6 Å². The van der Waals surface area contributed by atoms with Gasteiger partial charge in [-0.2, -0.15) is 0 Å². The predicted octanol–water partition coefficient (Wildman–Crippen LogP) is 6.39. The van der Waals surface area contributed by atoms with Gasteiger partial charge < -0.3 is 15.6 Å². The average Bonchev–Trinajstić information content (AvgIpc) is 2.98. The molecule has 0 bridgehead atoms. The summed E-state index contributed by atoms with van der Waals surface area (Å²) in [6, 6.07) is 24.9. The van der Waals surface area contributed by atoms with E-state index in [1.807, 2.05) is 53.1 Å². The van der Waals surface area contributed by atoms with Crippen molar-refractivity contribution < 1.29 is 0 Å². The minimum absolute atomic E-state index is 0.0283. The molecule has 2 heterocycles. The number of aromatic nitrogens is 2. The molecule has 1 aliphatic heterocycles. The van der Waals surface area contributed by atoms with Crippen LogP contribution >= 0.6 is 0 Å². The lowest BCUT2D eigenvalue weighted by molar-refractivity contribution is 0.101. The van der Waals surface area contributed by atoms with Crippen LogP contribution in [0.5, 0.6) is 0 Å². The van der Waals surface area contributed by atoms with Gasteiger partial charge >= 0.3 is 0 Å². The zero-order chi connectivity index (χ0) is 28.8. The molecule has 4 N–H and O–H groups in total. The molecule has 214 valence electrons. The Balaban J connectivity index is 1.40. The molecule has 0 aliphatic carbocycles. The lowest BCUT2D eigenvalue weighted by atomic mass is 9.97. The highest BCUT2D eigenvalue weighted by Gasteiger charge is 2.23. The minimum atomic E-state index is -0.114. The summed E-state index contributed by atoms with van der Waals surface area (Å²) in [6.07, 6.45) is 7.02. The molecule has 1 fully saturated rings. The normalized spacial score (nSPS) is 17.5. The van der Waals surface area contributed by atoms with Gasteiger partial charge in [0, 0.05) is 42.0 Å². The Bertz CT molecular complexity index is 1540. The zero-order valence-electron chi connectivity index (χ0n) is 24.3. The van der Waals surface area contributed by atoms with E-state index in [1.54, 1.807) is 12.1 Å². The number of anilines is 1. The Morgan fingerprint density at radius 2 is 1.71 bits per heavy atom. The maximum atomic E-state index is 13.9.